The first kappa shape index (κ1) is 13.4. The highest BCUT2D eigenvalue weighted by atomic mass is 35.5. The average Bonchev–Trinajstić information content (AvgIpc) is 3.16. The second kappa shape index (κ2) is 5.71. The highest BCUT2D eigenvalue weighted by Gasteiger charge is 2.23. The molecule has 18 heavy (non-hydrogen) atoms. The van der Waals surface area contributed by atoms with Crippen LogP contribution in [0.1, 0.15) is 26.2 Å². The zero-order chi connectivity index (χ0) is 13.1. The van der Waals surface area contributed by atoms with E-state index in [0.717, 1.165) is 6.42 Å². The van der Waals surface area contributed by atoms with Gasteiger partial charge in [-0.3, -0.25) is 4.79 Å². The van der Waals surface area contributed by atoms with Crippen molar-refractivity contribution in [2.24, 2.45) is 11.7 Å². The lowest BCUT2D eigenvalue weighted by Gasteiger charge is -2.13. The van der Waals surface area contributed by atoms with Gasteiger partial charge in [-0.05, 0) is 25.2 Å². The fraction of sp³-hybridized carbons (Fsp3) is 0.667. The van der Waals surface area contributed by atoms with Gasteiger partial charge in [0.05, 0.1) is 11.2 Å². The maximum absolute atomic E-state index is 12.2. The van der Waals surface area contributed by atoms with E-state index in [9.17, 15) is 4.79 Å². The Hall–Kier alpha value is -1.07. The summed E-state index contributed by atoms with van der Waals surface area (Å²) >= 11 is 6.00. The first-order chi connectivity index (χ1) is 8.61. The number of anilines is 1. The van der Waals surface area contributed by atoms with Crippen LogP contribution in [0.5, 0.6) is 0 Å². The number of aromatic nitrogens is 2. The zero-order valence-corrected chi connectivity index (χ0v) is 11.3. The molecule has 0 spiro atoms. The Balaban J connectivity index is 2.13. The molecule has 2 rings (SSSR count). The third-order valence-electron chi connectivity index (χ3n) is 3.19. The van der Waals surface area contributed by atoms with Crippen LogP contribution < -0.4 is 16.6 Å². The quantitative estimate of drug-likeness (QED) is 0.821. The summed E-state index contributed by atoms with van der Waals surface area (Å²) in [4.78, 5) is 12.2. The van der Waals surface area contributed by atoms with E-state index in [0.29, 0.717) is 29.7 Å². The summed E-state index contributed by atoms with van der Waals surface area (Å²) in [6, 6.07) is 0.0190. The minimum absolute atomic E-state index is 0.0190. The smallest absolute Gasteiger partial charge is 0.291 e. The fourth-order valence-corrected chi connectivity index (χ4v) is 1.87. The molecule has 1 fully saturated rings. The van der Waals surface area contributed by atoms with Gasteiger partial charge in [-0.25, -0.2) is 4.68 Å². The second-order valence-electron chi connectivity index (χ2n) is 4.85. The molecule has 5 nitrogen and oxygen atoms in total. The van der Waals surface area contributed by atoms with Crippen LogP contribution >= 0.6 is 11.6 Å². The van der Waals surface area contributed by atoms with Crippen molar-refractivity contribution in [2.75, 3.05) is 11.9 Å². The normalized spacial score (nSPS) is 16.6. The summed E-state index contributed by atoms with van der Waals surface area (Å²) < 4.78 is 1.49. The molecule has 100 valence electrons. The third-order valence-corrected chi connectivity index (χ3v) is 3.48. The number of nitrogens with zero attached hydrogens (tertiary/aromatic N) is 2. The van der Waals surface area contributed by atoms with Gasteiger partial charge in [-0.2, -0.15) is 5.10 Å². The maximum atomic E-state index is 12.2. The number of hydrogen-bond donors (Lipinski definition) is 2. The van der Waals surface area contributed by atoms with E-state index in [1.807, 2.05) is 6.92 Å². The molecule has 1 aliphatic carbocycles. The van der Waals surface area contributed by atoms with E-state index in [-0.39, 0.29) is 11.6 Å². The minimum atomic E-state index is -0.155. The molecule has 0 saturated heterocycles. The van der Waals surface area contributed by atoms with Crippen molar-refractivity contribution in [1.29, 1.82) is 0 Å². The van der Waals surface area contributed by atoms with E-state index in [2.05, 4.69) is 10.4 Å². The molecule has 0 radical (unpaired) electrons. The molecular formula is C12H19ClN4O. The highest BCUT2D eigenvalue weighted by Crippen LogP contribution is 2.30. The Labute approximate surface area is 111 Å². The Bertz CT molecular complexity index is 470. The van der Waals surface area contributed by atoms with Crippen molar-refractivity contribution in [2.45, 2.75) is 38.8 Å². The topological polar surface area (TPSA) is 72.9 Å². The van der Waals surface area contributed by atoms with E-state index in [1.165, 1.54) is 23.7 Å². The van der Waals surface area contributed by atoms with Gasteiger partial charge in [0.1, 0.15) is 5.69 Å². The predicted octanol–water partition coefficient (Wildman–Crippen LogP) is 1.46. The highest BCUT2D eigenvalue weighted by molar-refractivity contribution is 6.32. The number of nitrogens with two attached hydrogens (primary N) is 1. The summed E-state index contributed by atoms with van der Waals surface area (Å²) in [6.45, 7) is 3.23. The van der Waals surface area contributed by atoms with Gasteiger partial charge < -0.3 is 11.1 Å². The van der Waals surface area contributed by atoms with Gasteiger partial charge >= 0.3 is 0 Å². The van der Waals surface area contributed by atoms with Gasteiger partial charge in [0.25, 0.3) is 5.56 Å². The molecule has 1 atom stereocenters. The summed E-state index contributed by atoms with van der Waals surface area (Å²) in [7, 11) is 0. The lowest BCUT2D eigenvalue weighted by atomic mass is 10.2. The number of nitrogens with one attached hydrogen (secondary N) is 1. The molecule has 0 aromatic carbocycles. The Morgan fingerprint density at radius 1 is 1.67 bits per heavy atom. The predicted molar refractivity (Wildman–Crippen MR) is 73.0 cm³/mol. The molecule has 0 amide bonds. The first-order valence-corrected chi connectivity index (χ1v) is 6.74. The van der Waals surface area contributed by atoms with Crippen LogP contribution in [0, 0.1) is 5.92 Å². The van der Waals surface area contributed by atoms with Crippen LogP contribution in [0.25, 0.3) is 0 Å². The molecule has 0 aliphatic heterocycles. The Morgan fingerprint density at radius 2 is 2.39 bits per heavy atom. The summed E-state index contributed by atoms with van der Waals surface area (Å²) in [5.41, 5.74) is 6.08. The molecule has 0 bridgehead atoms. The van der Waals surface area contributed by atoms with Crippen molar-refractivity contribution in [3.8, 4) is 0 Å². The van der Waals surface area contributed by atoms with E-state index >= 15 is 0 Å². The van der Waals surface area contributed by atoms with E-state index < -0.39 is 0 Å². The first-order valence-electron chi connectivity index (χ1n) is 6.37. The van der Waals surface area contributed by atoms with Crippen molar-refractivity contribution in [1.82, 2.24) is 9.78 Å². The Morgan fingerprint density at radius 3 is 3.00 bits per heavy atom. The van der Waals surface area contributed by atoms with Gasteiger partial charge in [-0.1, -0.05) is 18.5 Å². The van der Waals surface area contributed by atoms with Gasteiger partial charge in [-0.15, -0.1) is 0 Å². The van der Waals surface area contributed by atoms with Crippen LogP contribution in [-0.4, -0.2) is 22.4 Å². The van der Waals surface area contributed by atoms with Gasteiger partial charge in [0.15, 0.2) is 0 Å². The lowest BCUT2D eigenvalue weighted by Crippen LogP contribution is -2.32. The fourth-order valence-electron chi connectivity index (χ4n) is 1.68. The summed E-state index contributed by atoms with van der Waals surface area (Å²) in [6.07, 6.45) is 4.73. The SMILES string of the molecule is CCC(N)CNc1c(Cl)cnn(CC2CC2)c1=O. The van der Waals surface area contributed by atoms with Crippen LogP contribution in [-0.2, 0) is 6.54 Å². The standard InChI is InChI=1S/C12H19ClN4O/c1-2-9(14)5-15-11-10(13)6-16-17(12(11)18)7-8-3-4-8/h6,8-9,15H,2-5,7,14H2,1H3. The summed E-state index contributed by atoms with van der Waals surface area (Å²) in [5.74, 6) is 0.599. The van der Waals surface area contributed by atoms with Gasteiger partial charge in [0, 0.05) is 19.1 Å². The van der Waals surface area contributed by atoms with E-state index in [4.69, 9.17) is 17.3 Å². The number of rotatable bonds is 6. The number of halogens is 1. The molecule has 1 aliphatic rings. The average molecular weight is 271 g/mol. The Kier molecular flexibility index (Phi) is 4.24. The third kappa shape index (κ3) is 3.23. The largest absolute Gasteiger partial charge is 0.378 e. The minimum Gasteiger partial charge on any atom is -0.378 e. The molecule has 1 heterocycles. The zero-order valence-electron chi connectivity index (χ0n) is 10.5. The number of hydrogen-bond acceptors (Lipinski definition) is 4. The maximum Gasteiger partial charge on any atom is 0.291 e. The monoisotopic (exact) mass is 270 g/mol. The van der Waals surface area contributed by atoms with E-state index in [1.54, 1.807) is 0 Å². The lowest BCUT2D eigenvalue weighted by molar-refractivity contribution is 0.534. The molecule has 1 aromatic rings. The van der Waals surface area contributed by atoms with Crippen molar-refractivity contribution in [3.63, 3.8) is 0 Å². The van der Waals surface area contributed by atoms with Crippen molar-refractivity contribution in [3.05, 3.63) is 21.6 Å². The molecule has 1 aromatic heterocycles. The molecule has 1 unspecified atom stereocenters. The van der Waals surface area contributed by atoms with Gasteiger partial charge in [0.2, 0.25) is 0 Å². The van der Waals surface area contributed by atoms with Crippen LogP contribution in [0.3, 0.4) is 0 Å². The summed E-state index contributed by atoms with van der Waals surface area (Å²) in [5, 5.41) is 7.46. The van der Waals surface area contributed by atoms with Crippen molar-refractivity contribution < 1.29 is 0 Å². The second-order valence-corrected chi connectivity index (χ2v) is 5.25. The van der Waals surface area contributed by atoms with Crippen molar-refractivity contribution >= 4 is 17.3 Å². The van der Waals surface area contributed by atoms with Crippen LogP contribution in [0.15, 0.2) is 11.0 Å². The molecule has 1 saturated carbocycles. The molecular weight excluding hydrogens is 252 g/mol. The molecule has 6 heteroatoms. The van der Waals surface area contributed by atoms with Crippen LogP contribution in [0.2, 0.25) is 5.02 Å². The molecule has 3 N–H and O–H groups in total. The van der Waals surface area contributed by atoms with Crippen LogP contribution in [0.4, 0.5) is 5.69 Å².